The summed E-state index contributed by atoms with van der Waals surface area (Å²) in [7, 11) is 3.97. The van der Waals surface area contributed by atoms with Crippen molar-refractivity contribution in [2.24, 2.45) is 0 Å². The third-order valence-corrected chi connectivity index (χ3v) is 3.39. The van der Waals surface area contributed by atoms with E-state index >= 15 is 0 Å². The zero-order valence-electron chi connectivity index (χ0n) is 12.7. The van der Waals surface area contributed by atoms with E-state index in [1.165, 1.54) is 6.08 Å². The van der Waals surface area contributed by atoms with Crippen molar-refractivity contribution >= 4 is 17.7 Å². The molecular weight excluding hydrogens is 252 g/mol. The van der Waals surface area contributed by atoms with Crippen LogP contribution >= 0.6 is 0 Å². The van der Waals surface area contributed by atoms with Gasteiger partial charge in [-0.05, 0) is 37.1 Å². The van der Waals surface area contributed by atoms with E-state index in [1.54, 1.807) is 6.08 Å². The van der Waals surface area contributed by atoms with E-state index < -0.39 is 5.54 Å². The molecule has 0 radical (unpaired) electrons. The van der Waals surface area contributed by atoms with Crippen molar-refractivity contribution in [3.05, 3.63) is 35.9 Å². The van der Waals surface area contributed by atoms with Crippen LogP contribution in [0, 0.1) is 0 Å². The molecule has 1 amide bonds. The largest absolute Gasteiger partial charge is 0.394 e. The Bertz CT molecular complexity index is 460. The number of rotatable bonds is 6. The molecule has 1 aromatic rings. The number of aliphatic hydroxyl groups is 1. The number of hydrogen-bond donors (Lipinski definition) is 2. The molecule has 0 heterocycles. The van der Waals surface area contributed by atoms with E-state index in [0.717, 1.165) is 11.3 Å². The summed E-state index contributed by atoms with van der Waals surface area (Å²) >= 11 is 0. The van der Waals surface area contributed by atoms with E-state index in [-0.39, 0.29) is 12.5 Å². The molecule has 4 heteroatoms. The molecule has 4 nitrogen and oxygen atoms in total. The fourth-order valence-electron chi connectivity index (χ4n) is 1.63. The minimum Gasteiger partial charge on any atom is -0.394 e. The first-order valence-corrected chi connectivity index (χ1v) is 6.78. The molecule has 0 spiro atoms. The zero-order chi connectivity index (χ0) is 15.2. The molecule has 0 aliphatic carbocycles. The highest BCUT2D eigenvalue weighted by molar-refractivity contribution is 5.92. The average molecular weight is 276 g/mol. The molecule has 0 aromatic heterocycles. The van der Waals surface area contributed by atoms with Crippen molar-refractivity contribution in [2.45, 2.75) is 25.8 Å². The fourth-order valence-corrected chi connectivity index (χ4v) is 1.63. The van der Waals surface area contributed by atoms with Crippen LogP contribution in [0.15, 0.2) is 30.3 Å². The number of amides is 1. The number of hydrogen-bond acceptors (Lipinski definition) is 3. The van der Waals surface area contributed by atoms with Crippen molar-refractivity contribution in [3.63, 3.8) is 0 Å². The molecule has 0 aliphatic rings. The predicted molar refractivity (Wildman–Crippen MR) is 83.7 cm³/mol. The van der Waals surface area contributed by atoms with Gasteiger partial charge in [-0.25, -0.2) is 0 Å². The number of benzene rings is 1. The standard InChI is InChI=1S/C16H24N2O2/c1-5-16(2,12-19)17-15(20)11-8-13-6-9-14(10-7-13)18(3)4/h6-11,19H,5,12H2,1-4H3,(H,17,20). The third-order valence-electron chi connectivity index (χ3n) is 3.39. The highest BCUT2D eigenvalue weighted by Gasteiger charge is 2.21. The van der Waals surface area contributed by atoms with Gasteiger partial charge >= 0.3 is 0 Å². The van der Waals surface area contributed by atoms with Gasteiger partial charge in [0.05, 0.1) is 12.1 Å². The lowest BCUT2D eigenvalue weighted by Crippen LogP contribution is -2.47. The van der Waals surface area contributed by atoms with E-state index in [1.807, 2.05) is 57.1 Å². The molecule has 1 rings (SSSR count). The number of carbonyl (C=O) groups excluding carboxylic acids is 1. The smallest absolute Gasteiger partial charge is 0.244 e. The van der Waals surface area contributed by atoms with Gasteiger partial charge in [-0.1, -0.05) is 19.1 Å². The fraction of sp³-hybridized carbons (Fsp3) is 0.438. The van der Waals surface area contributed by atoms with Crippen LogP contribution in [0.25, 0.3) is 6.08 Å². The summed E-state index contributed by atoms with van der Waals surface area (Å²) in [5.41, 5.74) is 1.52. The van der Waals surface area contributed by atoms with Crippen LogP contribution in [0.4, 0.5) is 5.69 Å². The van der Waals surface area contributed by atoms with Crippen molar-refractivity contribution in [1.29, 1.82) is 0 Å². The van der Waals surface area contributed by atoms with Gasteiger partial charge in [-0.3, -0.25) is 4.79 Å². The van der Waals surface area contributed by atoms with Gasteiger partial charge in [0.15, 0.2) is 0 Å². The first-order valence-electron chi connectivity index (χ1n) is 6.78. The van der Waals surface area contributed by atoms with Crippen molar-refractivity contribution in [1.82, 2.24) is 5.32 Å². The summed E-state index contributed by atoms with van der Waals surface area (Å²) in [5.74, 6) is -0.194. The van der Waals surface area contributed by atoms with Gasteiger partial charge in [-0.2, -0.15) is 0 Å². The molecule has 1 unspecified atom stereocenters. The Morgan fingerprint density at radius 1 is 1.35 bits per heavy atom. The van der Waals surface area contributed by atoms with Crippen molar-refractivity contribution < 1.29 is 9.90 Å². The first kappa shape index (κ1) is 16.2. The topological polar surface area (TPSA) is 52.6 Å². The molecule has 2 N–H and O–H groups in total. The minimum atomic E-state index is -0.559. The van der Waals surface area contributed by atoms with Gasteiger partial charge in [-0.15, -0.1) is 0 Å². The zero-order valence-corrected chi connectivity index (χ0v) is 12.7. The van der Waals surface area contributed by atoms with Crippen LogP contribution < -0.4 is 10.2 Å². The minimum absolute atomic E-state index is 0.0688. The molecule has 20 heavy (non-hydrogen) atoms. The monoisotopic (exact) mass is 276 g/mol. The summed E-state index contributed by atoms with van der Waals surface area (Å²) in [6.07, 6.45) is 3.94. The maximum Gasteiger partial charge on any atom is 0.244 e. The Hall–Kier alpha value is -1.81. The van der Waals surface area contributed by atoms with Gasteiger partial charge in [0.2, 0.25) is 5.91 Å². The summed E-state index contributed by atoms with van der Waals surface area (Å²) in [6, 6.07) is 7.93. The normalized spacial score (nSPS) is 14.1. The van der Waals surface area contributed by atoms with E-state index in [9.17, 15) is 9.90 Å². The van der Waals surface area contributed by atoms with Crippen molar-refractivity contribution in [3.8, 4) is 0 Å². The number of carbonyl (C=O) groups is 1. The molecule has 0 aliphatic heterocycles. The molecule has 1 aromatic carbocycles. The third kappa shape index (κ3) is 4.70. The molecule has 110 valence electrons. The van der Waals surface area contributed by atoms with Gasteiger partial charge < -0.3 is 15.3 Å². The number of nitrogens with zero attached hydrogens (tertiary/aromatic N) is 1. The second kappa shape index (κ2) is 7.10. The molecule has 0 saturated heterocycles. The van der Waals surface area contributed by atoms with Crippen LogP contribution in [0.1, 0.15) is 25.8 Å². The molecule has 0 fully saturated rings. The molecular formula is C16H24N2O2. The SMILES string of the molecule is CCC(C)(CO)NC(=O)C=Cc1ccc(N(C)C)cc1. The molecule has 0 saturated carbocycles. The first-order chi connectivity index (χ1) is 9.40. The average Bonchev–Trinajstić information content (AvgIpc) is 2.45. The molecule has 1 atom stereocenters. The van der Waals surface area contributed by atoms with Crippen LogP contribution in [0.5, 0.6) is 0 Å². The highest BCUT2D eigenvalue weighted by Crippen LogP contribution is 2.13. The second-order valence-corrected chi connectivity index (χ2v) is 5.38. The van der Waals surface area contributed by atoms with Gasteiger partial charge in [0.25, 0.3) is 0 Å². The number of anilines is 1. The number of nitrogens with one attached hydrogen (secondary N) is 1. The Morgan fingerprint density at radius 3 is 2.40 bits per heavy atom. The maximum absolute atomic E-state index is 11.8. The van der Waals surface area contributed by atoms with Crippen LogP contribution in [0.3, 0.4) is 0 Å². The molecule has 0 bridgehead atoms. The van der Waals surface area contributed by atoms with Crippen LogP contribution in [0.2, 0.25) is 0 Å². The quantitative estimate of drug-likeness (QED) is 0.782. The summed E-state index contributed by atoms with van der Waals surface area (Å²) < 4.78 is 0. The van der Waals surface area contributed by atoms with Gasteiger partial charge in [0, 0.05) is 25.9 Å². The summed E-state index contributed by atoms with van der Waals surface area (Å²) in [4.78, 5) is 13.8. The van der Waals surface area contributed by atoms with Crippen molar-refractivity contribution in [2.75, 3.05) is 25.6 Å². The Labute approximate surface area is 121 Å². The van der Waals surface area contributed by atoms with E-state index in [4.69, 9.17) is 0 Å². The summed E-state index contributed by atoms with van der Waals surface area (Å²) in [5, 5.41) is 12.1. The Kier molecular flexibility index (Phi) is 5.77. The highest BCUT2D eigenvalue weighted by atomic mass is 16.3. The lowest BCUT2D eigenvalue weighted by molar-refractivity contribution is -0.118. The van der Waals surface area contributed by atoms with E-state index in [0.29, 0.717) is 6.42 Å². The van der Waals surface area contributed by atoms with Crippen LogP contribution in [-0.2, 0) is 4.79 Å². The Balaban J connectivity index is 2.65. The maximum atomic E-state index is 11.8. The Morgan fingerprint density at radius 2 is 1.95 bits per heavy atom. The second-order valence-electron chi connectivity index (χ2n) is 5.38. The lowest BCUT2D eigenvalue weighted by atomic mass is 10.0. The number of aliphatic hydroxyl groups excluding tert-OH is 1. The summed E-state index contributed by atoms with van der Waals surface area (Å²) in [6.45, 7) is 3.69. The van der Waals surface area contributed by atoms with Gasteiger partial charge in [0.1, 0.15) is 0 Å². The van der Waals surface area contributed by atoms with E-state index in [2.05, 4.69) is 5.32 Å². The lowest BCUT2D eigenvalue weighted by Gasteiger charge is -2.26. The predicted octanol–water partition coefficient (Wildman–Crippen LogP) is 2.04. The van der Waals surface area contributed by atoms with Crippen LogP contribution in [-0.4, -0.2) is 37.3 Å².